The Bertz CT molecular complexity index is 3370. The minimum absolute atomic E-state index is 0.0756. The molecule has 0 heteroatoms. The van der Waals surface area contributed by atoms with Crippen molar-refractivity contribution in [3.63, 3.8) is 0 Å². The van der Waals surface area contributed by atoms with Crippen molar-refractivity contribution in [3.05, 3.63) is 193 Å². The fourth-order valence-electron chi connectivity index (χ4n) is 14.1. The Morgan fingerprint density at radius 2 is 0.833 bits per heavy atom. The third-order valence-electron chi connectivity index (χ3n) is 16.0. The van der Waals surface area contributed by atoms with E-state index in [0.29, 0.717) is 11.8 Å². The molecule has 4 fully saturated rings. The Kier molecular flexibility index (Phi) is 6.82. The second-order valence-electron chi connectivity index (χ2n) is 18.7. The second-order valence-corrected chi connectivity index (χ2v) is 18.7. The first-order chi connectivity index (χ1) is 29.7. The summed E-state index contributed by atoms with van der Waals surface area (Å²) >= 11 is 0. The standard InChI is InChI=1S/C60H44/c1-2-13-40-35-41(25-24-38(40)12-1)44-28-29-52(46-16-4-3-15-45(44)46)57-48-18-5-7-20-50(48)58(51-21-8-6-19-49(51)57)54-22-11-14-39-26-27-53-47-17-9-10-23-55(47)60(59(53)56(39)54)42-31-36-30-37(33-42)34-43(60)32-36/h1-29,35-37,42-43H,30-34H2. The summed E-state index contributed by atoms with van der Waals surface area (Å²) in [6, 6.07) is 69.7. The molecular formula is C60H44. The maximum atomic E-state index is 2.53. The van der Waals surface area contributed by atoms with E-state index >= 15 is 0 Å². The summed E-state index contributed by atoms with van der Waals surface area (Å²) in [6.07, 6.45) is 6.99. The topological polar surface area (TPSA) is 0 Å². The molecule has 5 aliphatic rings. The predicted octanol–water partition coefficient (Wildman–Crippen LogP) is 16.2. The minimum atomic E-state index is 0.0756. The summed E-state index contributed by atoms with van der Waals surface area (Å²) in [5, 5.41) is 13.3. The summed E-state index contributed by atoms with van der Waals surface area (Å²) in [6.45, 7) is 0. The number of hydrogen-bond donors (Lipinski definition) is 0. The van der Waals surface area contributed by atoms with Crippen LogP contribution in [0.5, 0.6) is 0 Å². The lowest BCUT2D eigenvalue weighted by Crippen LogP contribution is -2.55. The van der Waals surface area contributed by atoms with Crippen LogP contribution in [-0.2, 0) is 5.41 Å². The van der Waals surface area contributed by atoms with Crippen molar-refractivity contribution >= 4 is 53.9 Å². The van der Waals surface area contributed by atoms with Gasteiger partial charge in [0.15, 0.2) is 0 Å². The van der Waals surface area contributed by atoms with Gasteiger partial charge in [0.1, 0.15) is 0 Å². The summed E-state index contributed by atoms with van der Waals surface area (Å²) in [7, 11) is 0. The van der Waals surface area contributed by atoms with Crippen LogP contribution in [0.4, 0.5) is 0 Å². The van der Waals surface area contributed by atoms with Crippen LogP contribution in [0.3, 0.4) is 0 Å². The lowest BCUT2D eigenvalue weighted by Gasteiger charge is -2.61. The lowest BCUT2D eigenvalue weighted by atomic mass is 9.43. The van der Waals surface area contributed by atoms with E-state index < -0.39 is 0 Å². The van der Waals surface area contributed by atoms with E-state index in [0.717, 1.165) is 11.8 Å². The smallest absolute Gasteiger partial charge is 0.0278 e. The highest BCUT2D eigenvalue weighted by molar-refractivity contribution is 6.26. The Hall–Kier alpha value is -6.50. The van der Waals surface area contributed by atoms with Gasteiger partial charge in [0.05, 0.1) is 0 Å². The van der Waals surface area contributed by atoms with E-state index in [1.54, 1.807) is 11.1 Å². The van der Waals surface area contributed by atoms with Gasteiger partial charge < -0.3 is 0 Å². The van der Waals surface area contributed by atoms with Gasteiger partial charge in [-0.2, -0.15) is 0 Å². The Morgan fingerprint density at radius 1 is 0.333 bits per heavy atom. The van der Waals surface area contributed by atoms with Crippen LogP contribution < -0.4 is 0 Å². The van der Waals surface area contributed by atoms with Gasteiger partial charge in [0.25, 0.3) is 0 Å². The second kappa shape index (κ2) is 12.3. The fraction of sp³-hybridized carbons (Fsp3) is 0.167. The van der Waals surface area contributed by atoms with Crippen LogP contribution in [0.2, 0.25) is 0 Å². The van der Waals surface area contributed by atoms with Gasteiger partial charge >= 0.3 is 0 Å². The molecule has 0 aromatic heterocycles. The molecule has 0 unspecified atom stereocenters. The third-order valence-corrected chi connectivity index (χ3v) is 16.0. The van der Waals surface area contributed by atoms with Crippen molar-refractivity contribution in [1.82, 2.24) is 0 Å². The zero-order valence-electron chi connectivity index (χ0n) is 33.7. The number of benzene rings is 10. The fourth-order valence-corrected chi connectivity index (χ4v) is 14.1. The van der Waals surface area contributed by atoms with Crippen molar-refractivity contribution in [2.75, 3.05) is 0 Å². The van der Waals surface area contributed by atoms with Gasteiger partial charge in [-0.05, 0) is 171 Å². The summed E-state index contributed by atoms with van der Waals surface area (Å²) < 4.78 is 0. The van der Waals surface area contributed by atoms with Crippen molar-refractivity contribution in [1.29, 1.82) is 0 Å². The number of fused-ring (bicyclic) bond motifs is 9. The molecule has 4 bridgehead atoms. The van der Waals surface area contributed by atoms with E-state index in [1.807, 2.05) is 0 Å². The number of rotatable bonds is 3. The quantitative estimate of drug-likeness (QED) is 0.157. The molecule has 0 nitrogen and oxygen atoms in total. The maximum absolute atomic E-state index is 2.53. The van der Waals surface area contributed by atoms with E-state index in [2.05, 4.69) is 182 Å². The van der Waals surface area contributed by atoms with Crippen molar-refractivity contribution < 1.29 is 0 Å². The van der Waals surface area contributed by atoms with Gasteiger partial charge in [-0.3, -0.25) is 0 Å². The SMILES string of the molecule is c1ccc2c(c1)-c1ccc3cccc(-c4c5ccccc5c(-c5ccc(-c6ccc7ccccc7c6)c6ccccc56)c5ccccc45)c3c1C21C2CC3CC(C2)CC1C3. The van der Waals surface area contributed by atoms with Crippen LogP contribution in [0.1, 0.15) is 43.2 Å². The summed E-state index contributed by atoms with van der Waals surface area (Å²) in [5.41, 5.74) is 14.2. The van der Waals surface area contributed by atoms with E-state index in [1.165, 1.54) is 130 Å². The van der Waals surface area contributed by atoms with Crippen molar-refractivity contribution in [2.45, 2.75) is 37.5 Å². The van der Waals surface area contributed by atoms with Crippen molar-refractivity contribution in [3.8, 4) is 44.5 Å². The molecule has 60 heavy (non-hydrogen) atoms. The predicted molar refractivity (Wildman–Crippen MR) is 254 cm³/mol. The molecule has 0 atom stereocenters. The van der Waals surface area contributed by atoms with Gasteiger partial charge in [-0.25, -0.2) is 0 Å². The summed E-state index contributed by atoms with van der Waals surface area (Å²) in [5.74, 6) is 3.22. The van der Waals surface area contributed by atoms with Gasteiger partial charge in [-0.15, -0.1) is 0 Å². The average molecular weight is 765 g/mol. The molecule has 5 aliphatic carbocycles. The van der Waals surface area contributed by atoms with Crippen LogP contribution in [-0.4, -0.2) is 0 Å². The Balaban J connectivity index is 1.05. The highest BCUT2D eigenvalue weighted by Crippen LogP contribution is 2.70. The molecule has 0 N–H and O–H groups in total. The largest absolute Gasteiger partial charge is 0.0619 e. The molecule has 284 valence electrons. The zero-order chi connectivity index (χ0) is 39.1. The van der Waals surface area contributed by atoms with E-state index in [4.69, 9.17) is 0 Å². The molecule has 15 rings (SSSR count). The van der Waals surface area contributed by atoms with Gasteiger partial charge in [0, 0.05) is 5.41 Å². The normalized spacial score (nSPS) is 22.4. The molecule has 10 aromatic rings. The molecular weight excluding hydrogens is 721 g/mol. The zero-order valence-corrected chi connectivity index (χ0v) is 33.7. The molecule has 0 amide bonds. The Labute approximate surface area is 351 Å². The minimum Gasteiger partial charge on any atom is -0.0619 e. The van der Waals surface area contributed by atoms with Crippen molar-refractivity contribution in [2.24, 2.45) is 23.7 Å². The van der Waals surface area contributed by atoms with Gasteiger partial charge in [-0.1, -0.05) is 176 Å². The molecule has 0 aliphatic heterocycles. The molecule has 0 radical (unpaired) electrons. The highest BCUT2D eigenvalue weighted by Gasteiger charge is 2.62. The first-order valence-corrected chi connectivity index (χ1v) is 22.4. The van der Waals surface area contributed by atoms with E-state index in [-0.39, 0.29) is 5.41 Å². The molecule has 4 saturated carbocycles. The molecule has 0 saturated heterocycles. The highest BCUT2D eigenvalue weighted by atomic mass is 14.6. The number of hydrogen-bond acceptors (Lipinski definition) is 0. The third kappa shape index (κ3) is 4.36. The molecule has 10 aromatic carbocycles. The van der Waals surface area contributed by atoms with E-state index in [9.17, 15) is 0 Å². The Morgan fingerprint density at radius 3 is 1.53 bits per heavy atom. The lowest BCUT2D eigenvalue weighted by molar-refractivity contribution is -0.0393. The summed E-state index contributed by atoms with van der Waals surface area (Å²) in [4.78, 5) is 0. The van der Waals surface area contributed by atoms with Crippen LogP contribution in [0, 0.1) is 23.7 Å². The maximum Gasteiger partial charge on any atom is 0.0278 e. The molecule has 0 heterocycles. The molecule has 1 spiro atoms. The van der Waals surface area contributed by atoms with Gasteiger partial charge in [0.2, 0.25) is 0 Å². The van der Waals surface area contributed by atoms with Crippen LogP contribution in [0.15, 0.2) is 182 Å². The first kappa shape index (κ1) is 33.3. The van der Waals surface area contributed by atoms with Crippen LogP contribution in [0.25, 0.3) is 98.4 Å². The first-order valence-electron chi connectivity index (χ1n) is 22.4. The average Bonchev–Trinajstić information content (AvgIpc) is 3.60. The monoisotopic (exact) mass is 764 g/mol. The van der Waals surface area contributed by atoms with Crippen LogP contribution >= 0.6 is 0 Å².